The van der Waals surface area contributed by atoms with Crippen LogP contribution < -0.4 is 5.32 Å². The average molecular weight is 463 g/mol. The molecule has 2 rings (SSSR count). The molecule has 1 heterocycles. The maximum atomic E-state index is 14.1. The molecule has 0 radical (unpaired) electrons. The lowest BCUT2D eigenvalue weighted by Crippen LogP contribution is -2.49. The number of alkyl carbamates (subject to hydrolysis) is 1. The third-order valence-corrected chi connectivity index (χ3v) is 4.93. The molecule has 8 nitrogen and oxygen atoms in total. The number of nitrogens with one attached hydrogen (secondary N) is 1. The summed E-state index contributed by atoms with van der Waals surface area (Å²) in [6.07, 6.45) is -0.260. The summed E-state index contributed by atoms with van der Waals surface area (Å²) in [5, 5.41) is 30.8. The molecule has 1 saturated heterocycles. The van der Waals surface area contributed by atoms with Crippen molar-refractivity contribution in [3.05, 3.63) is 47.5 Å². The molecule has 3 N–H and O–H groups in total. The highest BCUT2D eigenvalue weighted by molar-refractivity contribution is 6.43. The second-order valence-corrected chi connectivity index (χ2v) is 9.14. The zero-order valence-electron chi connectivity index (χ0n) is 18.8. The van der Waals surface area contributed by atoms with Gasteiger partial charge in [0.15, 0.2) is 0 Å². The zero-order valence-corrected chi connectivity index (χ0v) is 18.8. The first-order chi connectivity index (χ1) is 15.3. The van der Waals surface area contributed by atoms with Crippen LogP contribution in [-0.2, 0) is 16.0 Å². The third-order valence-electron chi connectivity index (χ3n) is 4.93. The maximum Gasteiger partial charge on any atom is 0.475 e. The fraction of sp³-hybridized carbons (Fsp3) is 0.500. The molecule has 11 heteroatoms. The number of rotatable bonds is 7. The molecule has 1 aliphatic heterocycles. The van der Waals surface area contributed by atoms with E-state index in [-0.39, 0.29) is 12.0 Å². The summed E-state index contributed by atoms with van der Waals surface area (Å²) in [5.74, 6) is -5.14. The topological polar surface area (TPSA) is 123 Å². The van der Waals surface area contributed by atoms with E-state index in [9.17, 15) is 33.7 Å². The smallest absolute Gasteiger partial charge is 0.447 e. The minimum absolute atomic E-state index is 0.100. The van der Waals surface area contributed by atoms with E-state index in [0.29, 0.717) is 0 Å². The van der Waals surface area contributed by atoms with Gasteiger partial charge in [0, 0.05) is 6.42 Å². The zero-order chi connectivity index (χ0) is 24.8. The van der Waals surface area contributed by atoms with Crippen LogP contribution in [0.15, 0.2) is 42.0 Å². The van der Waals surface area contributed by atoms with Gasteiger partial charge in [0.25, 0.3) is 11.8 Å². The SMILES string of the molecule is CC(C)(C)/C=C(\C#N)C(=O)N1CC(F)(F)CC1COC(=O)NC(Cc1ccccc1)B(O)O. The average Bonchev–Trinajstić information content (AvgIpc) is 3.04. The summed E-state index contributed by atoms with van der Waals surface area (Å²) >= 11 is 0. The Bertz CT molecular complexity index is 913. The minimum Gasteiger partial charge on any atom is -0.447 e. The van der Waals surface area contributed by atoms with Gasteiger partial charge in [-0.25, -0.2) is 13.6 Å². The molecule has 0 aromatic heterocycles. The number of halogens is 2. The van der Waals surface area contributed by atoms with E-state index in [1.807, 2.05) is 0 Å². The standard InChI is InChI=1S/C22H28BF2N3O5/c1-21(2,3)10-16(12-26)19(29)28-14-22(24,25)11-17(28)13-33-20(30)27-18(23(31)32)9-15-7-5-4-6-8-15/h4-8,10,17-18,31-32H,9,11,13-14H2,1-3H3,(H,27,30)/b16-10+. The van der Waals surface area contributed by atoms with Crippen molar-refractivity contribution in [1.29, 1.82) is 5.26 Å². The quantitative estimate of drug-likeness (QED) is 0.323. The number of nitrogens with zero attached hydrogens (tertiary/aromatic N) is 2. The van der Waals surface area contributed by atoms with Gasteiger partial charge in [0.2, 0.25) is 0 Å². The van der Waals surface area contributed by atoms with Crippen molar-refractivity contribution in [3.8, 4) is 6.07 Å². The number of carbonyl (C=O) groups excluding carboxylic acids is 2. The Kier molecular flexibility index (Phi) is 8.58. The molecule has 1 aromatic rings. The summed E-state index contributed by atoms with van der Waals surface area (Å²) in [5.41, 5.74) is -0.0490. The molecule has 178 valence electrons. The lowest BCUT2D eigenvalue weighted by molar-refractivity contribution is -0.129. The van der Waals surface area contributed by atoms with Crippen LogP contribution in [0.25, 0.3) is 0 Å². The molecule has 2 atom stereocenters. The number of likely N-dealkylation sites (tertiary alicyclic amines) is 1. The Balaban J connectivity index is 2.05. The number of hydrogen-bond acceptors (Lipinski definition) is 6. The van der Waals surface area contributed by atoms with Crippen LogP contribution in [-0.4, -0.2) is 65.1 Å². The van der Waals surface area contributed by atoms with Crippen molar-refractivity contribution in [2.75, 3.05) is 13.2 Å². The fourth-order valence-corrected chi connectivity index (χ4v) is 3.48. The molecule has 1 aromatic carbocycles. The lowest BCUT2D eigenvalue weighted by Gasteiger charge is -2.25. The van der Waals surface area contributed by atoms with Crippen LogP contribution in [0.4, 0.5) is 13.6 Å². The molecular weight excluding hydrogens is 435 g/mol. The van der Waals surface area contributed by atoms with Gasteiger partial charge in [-0.3, -0.25) is 4.79 Å². The number of nitriles is 1. The Morgan fingerprint density at radius 3 is 2.55 bits per heavy atom. The van der Waals surface area contributed by atoms with Gasteiger partial charge >= 0.3 is 13.2 Å². The predicted octanol–water partition coefficient (Wildman–Crippen LogP) is 2.07. The number of amides is 2. The fourth-order valence-electron chi connectivity index (χ4n) is 3.48. The third kappa shape index (κ3) is 8.15. The lowest BCUT2D eigenvalue weighted by atomic mass is 9.76. The van der Waals surface area contributed by atoms with Crippen molar-refractivity contribution in [1.82, 2.24) is 10.2 Å². The van der Waals surface area contributed by atoms with Gasteiger partial charge in [0.1, 0.15) is 18.2 Å². The van der Waals surface area contributed by atoms with Crippen LogP contribution in [0, 0.1) is 16.7 Å². The van der Waals surface area contributed by atoms with Gasteiger partial charge in [-0.15, -0.1) is 0 Å². The Morgan fingerprint density at radius 1 is 1.36 bits per heavy atom. The molecule has 2 unspecified atom stereocenters. The van der Waals surface area contributed by atoms with E-state index in [1.165, 1.54) is 6.08 Å². The summed E-state index contributed by atoms with van der Waals surface area (Å²) in [4.78, 5) is 25.8. The number of ether oxygens (including phenoxy) is 1. The summed E-state index contributed by atoms with van der Waals surface area (Å²) in [7, 11) is -1.88. The van der Waals surface area contributed by atoms with E-state index in [0.717, 1.165) is 10.5 Å². The van der Waals surface area contributed by atoms with Gasteiger partial charge in [-0.05, 0) is 17.4 Å². The second-order valence-electron chi connectivity index (χ2n) is 9.14. The molecule has 0 spiro atoms. The first kappa shape index (κ1) is 26.3. The Hall–Kier alpha value is -2.97. The van der Waals surface area contributed by atoms with Gasteiger partial charge < -0.3 is 25.0 Å². The number of carbonyl (C=O) groups is 2. The maximum absolute atomic E-state index is 14.1. The van der Waals surface area contributed by atoms with Crippen molar-refractivity contribution >= 4 is 19.1 Å². The molecule has 0 bridgehead atoms. The van der Waals surface area contributed by atoms with Gasteiger partial charge in [-0.2, -0.15) is 5.26 Å². The van der Waals surface area contributed by atoms with Crippen LogP contribution in [0.5, 0.6) is 0 Å². The van der Waals surface area contributed by atoms with Gasteiger partial charge in [0.05, 0.1) is 18.5 Å². The minimum atomic E-state index is -3.19. The number of allylic oxidation sites excluding steroid dienone is 1. The summed E-state index contributed by atoms with van der Waals surface area (Å²) < 4.78 is 33.2. The molecular formula is C22H28BF2N3O5. The molecule has 0 saturated carbocycles. The second kappa shape index (κ2) is 10.8. The van der Waals surface area contributed by atoms with Crippen molar-refractivity contribution in [2.24, 2.45) is 5.41 Å². The number of hydrogen-bond donors (Lipinski definition) is 3. The first-order valence-electron chi connectivity index (χ1n) is 10.5. The molecule has 0 aliphatic carbocycles. The molecule has 1 fully saturated rings. The highest BCUT2D eigenvalue weighted by Gasteiger charge is 2.48. The van der Waals surface area contributed by atoms with Crippen LogP contribution >= 0.6 is 0 Å². The van der Waals surface area contributed by atoms with Gasteiger partial charge in [-0.1, -0.05) is 57.2 Å². The highest BCUT2D eigenvalue weighted by Crippen LogP contribution is 2.33. The van der Waals surface area contributed by atoms with E-state index in [2.05, 4.69) is 5.32 Å². The largest absolute Gasteiger partial charge is 0.475 e. The van der Waals surface area contributed by atoms with Crippen LogP contribution in [0.1, 0.15) is 32.8 Å². The molecule has 2 amide bonds. The monoisotopic (exact) mass is 463 g/mol. The van der Waals surface area contributed by atoms with E-state index < -0.39 is 62.0 Å². The van der Waals surface area contributed by atoms with Crippen molar-refractivity contribution < 1.29 is 33.2 Å². The van der Waals surface area contributed by atoms with E-state index in [4.69, 9.17) is 4.74 Å². The summed E-state index contributed by atoms with van der Waals surface area (Å²) in [6, 6.07) is 9.40. The Labute approximate surface area is 192 Å². The molecule has 33 heavy (non-hydrogen) atoms. The number of alkyl halides is 2. The van der Waals surface area contributed by atoms with Crippen molar-refractivity contribution in [2.45, 2.75) is 51.5 Å². The van der Waals surface area contributed by atoms with Crippen LogP contribution in [0.2, 0.25) is 0 Å². The first-order valence-corrected chi connectivity index (χ1v) is 10.5. The Morgan fingerprint density at radius 2 is 2.00 bits per heavy atom. The van der Waals surface area contributed by atoms with E-state index >= 15 is 0 Å². The molecule has 1 aliphatic rings. The highest BCUT2D eigenvalue weighted by atomic mass is 19.3. The number of benzene rings is 1. The summed E-state index contributed by atoms with van der Waals surface area (Å²) in [6.45, 7) is 3.87. The predicted molar refractivity (Wildman–Crippen MR) is 117 cm³/mol. The normalized spacial score (nSPS) is 18.9. The van der Waals surface area contributed by atoms with Crippen LogP contribution in [0.3, 0.4) is 0 Å². The van der Waals surface area contributed by atoms with E-state index in [1.54, 1.807) is 57.2 Å². The van der Waals surface area contributed by atoms with Crippen molar-refractivity contribution in [3.63, 3.8) is 0 Å².